The van der Waals surface area contributed by atoms with Gasteiger partial charge in [-0.2, -0.15) is 5.10 Å². The van der Waals surface area contributed by atoms with Crippen molar-refractivity contribution in [2.45, 2.75) is 38.5 Å². The molecule has 0 radical (unpaired) electrons. The van der Waals surface area contributed by atoms with E-state index in [1.807, 2.05) is 18.5 Å². The van der Waals surface area contributed by atoms with Crippen LogP contribution in [0.3, 0.4) is 0 Å². The largest absolute Gasteiger partial charge is 0.355 e. The Morgan fingerprint density at radius 2 is 2.09 bits per heavy atom. The fourth-order valence-corrected chi connectivity index (χ4v) is 7.04. The molecule has 2 saturated carbocycles. The lowest BCUT2D eigenvalue weighted by Crippen LogP contribution is -2.45. The Balaban J connectivity index is 1.14. The first kappa shape index (κ1) is 18.8. The molecule has 1 spiro atoms. The van der Waals surface area contributed by atoms with E-state index in [0.29, 0.717) is 5.41 Å². The van der Waals surface area contributed by atoms with Gasteiger partial charge in [-0.05, 0) is 80.4 Å². The Morgan fingerprint density at radius 3 is 2.97 bits per heavy atom. The zero-order valence-corrected chi connectivity index (χ0v) is 18.4. The fourth-order valence-electron chi connectivity index (χ4n) is 7.04. The van der Waals surface area contributed by atoms with Crippen LogP contribution >= 0.6 is 0 Å². The van der Waals surface area contributed by atoms with E-state index in [4.69, 9.17) is 15.7 Å². The van der Waals surface area contributed by atoms with E-state index in [-0.39, 0.29) is 0 Å². The van der Waals surface area contributed by atoms with Gasteiger partial charge in [0.25, 0.3) is 0 Å². The molecule has 3 aromatic rings. The topological polar surface area (TPSA) is 99.9 Å². The minimum atomic E-state index is 0.479. The second kappa shape index (κ2) is 6.88. The van der Waals surface area contributed by atoms with Gasteiger partial charge in [0.15, 0.2) is 17.0 Å². The molecule has 8 heteroatoms. The summed E-state index contributed by atoms with van der Waals surface area (Å²) in [5.41, 5.74) is 10.5. The highest BCUT2D eigenvalue weighted by Crippen LogP contribution is 2.66. The Bertz CT molecular complexity index is 1160. The smallest absolute Gasteiger partial charge is 0.183 e. The third kappa shape index (κ3) is 2.71. The molecule has 0 amide bonds. The first-order valence-electron chi connectivity index (χ1n) is 12.1. The molecule has 5 heterocycles. The summed E-state index contributed by atoms with van der Waals surface area (Å²) in [6.07, 6.45) is 11.1. The van der Waals surface area contributed by atoms with Gasteiger partial charge < -0.3 is 15.5 Å². The van der Waals surface area contributed by atoms with Crippen LogP contribution in [0.5, 0.6) is 0 Å². The monoisotopic (exact) mass is 430 g/mol. The Labute approximate surface area is 187 Å². The molecular formula is C24H30N8. The molecule has 8 nitrogen and oxygen atoms in total. The predicted octanol–water partition coefficient (Wildman–Crippen LogP) is 3.03. The van der Waals surface area contributed by atoms with Gasteiger partial charge in [0.2, 0.25) is 0 Å². The minimum Gasteiger partial charge on any atom is -0.355 e. The number of aromatic nitrogens is 5. The van der Waals surface area contributed by atoms with Crippen LogP contribution < -0.4 is 15.5 Å². The number of fused-ring (bicyclic) bond motifs is 3. The van der Waals surface area contributed by atoms with Crippen molar-refractivity contribution in [3.8, 4) is 0 Å². The average molecular weight is 431 g/mol. The van der Waals surface area contributed by atoms with Crippen molar-refractivity contribution in [2.24, 2.45) is 28.9 Å². The van der Waals surface area contributed by atoms with Gasteiger partial charge in [-0.1, -0.05) is 0 Å². The molecule has 0 aromatic carbocycles. The molecule has 1 saturated heterocycles. The van der Waals surface area contributed by atoms with E-state index in [0.717, 1.165) is 91.0 Å². The number of hydrogen-bond donors (Lipinski definition) is 2. The second-order valence-electron chi connectivity index (χ2n) is 10.3. The molecule has 4 aliphatic rings. The van der Waals surface area contributed by atoms with Gasteiger partial charge in [0.1, 0.15) is 5.82 Å². The van der Waals surface area contributed by atoms with Crippen molar-refractivity contribution >= 4 is 28.5 Å². The van der Waals surface area contributed by atoms with E-state index in [1.165, 1.54) is 25.7 Å². The molecule has 3 N–H and O–H groups in total. The summed E-state index contributed by atoms with van der Waals surface area (Å²) >= 11 is 0. The summed E-state index contributed by atoms with van der Waals surface area (Å²) in [4.78, 5) is 18.9. The van der Waals surface area contributed by atoms with Crippen molar-refractivity contribution in [1.29, 1.82) is 0 Å². The fraction of sp³-hybridized carbons (Fsp3) is 0.583. The summed E-state index contributed by atoms with van der Waals surface area (Å²) in [5, 5.41) is 7.76. The molecule has 3 atom stereocenters. The molecule has 3 aromatic heterocycles. The van der Waals surface area contributed by atoms with Crippen LogP contribution in [-0.4, -0.2) is 51.3 Å². The number of aryl methyl sites for hydroxylation is 1. The van der Waals surface area contributed by atoms with Crippen LogP contribution in [0.15, 0.2) is 24.5 Å². The summed E-state index contributed by atoms with van der Waals surface area (Å²) in [6.45, 7) is 3.87. The van der Waals surface area contributed by atoms with Gasteiger partial charge in [-0.3, -0.25) is 10.1 Å². The summed E-state index contributed by atoms with van der Waals surface area (Å²) in [6, 6.07) is 4.11. The molecule has 3 fully saturated rings. The van der Waals surface area contributed by atoms with Crippen molar-refractivity contribution in [2.75, 3.05) is 36.0 Å². The SMILES string of the molecule is NCC1C2CC2CC12CCN(c1cnc3c(N4CCCc5ncccc54)n[nH]c3n1)CC2. The van der Waals surface area contributed by atoms with Crippen LogP contribution in [0.4, 0.5) is 17.3 Å². The quantitative estimate of drug-likeness (QED) is 0.659. The maximum absolute atomic E-state index is 6.20. The molecule has 3 unspecified atom stereocenters. The van der Waals surface area contributed by atoms with Gasteiger partial charge >= 0.3 is 0 Å². The highest BCUT2D eigenvalue weighted by molar-refractivity contribution is 5.87. The number of rotatable bonds is 3. The average Bonchev–Trinajstić information content (AvgIpc) is 3.33. The number of nitrogens with zero attached hydrogens (tertiary/aromatic N) is 6. The standard InChI is InChI=1S/C24H30N8/c25-13-17-16-11-15(16)12-24(17)5-9-31(10-6-24)20-14-27-21-22(28-20)29-30-23(21)32-8-2-3-18-19(32)4-1-7-26-18/h1,4,7,14-17H,2-3,5-6,8-13,25H2,(H,28,29,30). The third-order valence-electron chi connectivity index (χ3n) is 8.73. The Kier molecular flexibility index (Phi) is 4.04. The number of anilines is 3. The van der Waals surface area contributed by atoms with Crippen LogP contribution in [-0.2, 0) is 6.42 Å². The third-order valence-corrected chi connectivity index (χ3v) is 8.73. The zero-order valence-electron chi connectivity index (χ0n) is 18.4. The molecular weight excluding hydrogens is 400 g/mol. The minimum absolute atomic E-state index is 0.479. The maximum Gasteiger partial charge on any atom is 0.183 e. The van der Waals surface area contributed by atoms with Gasteiger partial charge in [-0.25, -0.2) is 9.97 Å². The number of piperidine rings is 1. The number of pyridine rings is 1. The van der Waals surface area contributed by atoms with Gasteiger partial charge in [0, 0.05) is 25.8 Å². The molecule has 2 aliphatic carbocycles. The second-order valence-corrected chi connectivity index (χ2v) is 10.3. The number of aromatic amines is 1. The lowest BCUT2D eigenvalue weighted by atomic mass is 9.68. The van der Waals surface area contributed by atoms with Crippen molar-refractivity contribution < 1.29 is 0 Å². The Morgan fingerprint density at radius 1 is 1.19 bits per heavy atom. The van der Waals surface area contributed by atoms with Gasteiger partial charge in [0.05, 0.1) is 17.6 Å². The Hall–Kier alpha value is -2.74. The zero-order chi connectivity index (χ0) is 21.3. The van der Waals surface area contributed by atoms with E-state index in [9.17, 15) is 0 Å². The number of nitrogens with two attached hydrogens (primary N) is 1. The lowest BCUT2D eigenvalue weighted by Gasteiger charge is -2.44. The summed E-state index contributed by atoms with van der Waals surface area (Å²) in [7, 11) is 0. The maximum atomic E-state index is 6.20. The van der Waals surface area contributed by atoms with Crippen LogP contribution in [0.1, 0.15) is 37.8 Å². The molecule has 32 heavy (non-hydrogen) atoms. The predicted molar refractivity (Wildman–Crippen MR) is 124 cm³/mol. The first-order chi connectivity index (χ1) is 15.8. The van der Waals surface area contributed by atoms with Gasteiger partial charge in [-0.15, -0.1) is 0 Å². The van der Waals surface area contributed by atoms with Crippen molar-refractivity contribution in [3.63, 3.8) is 0 Å². The lowest BCUT2D eigenvalue weighted by molar-refractivity contribution is 0.126. The summed E-state index contributed by atoms with van der Waals surface area (Å²) < 4.78 is 0. The van der Waals surface area contributed by atoms with Crippen LogP contribution in [0.2, 0.25) is 0 Å². The number of nitrogens with one attached hydrogen (secondary N) is 1. The van der Waals surface area contributed by atoms with Crippen molar-refractivity contribution in [3.05, 3.63) is 30.2 Å². The molecule has 0 bridgehead atoms. The van der Waals surface area contributed by atoms with E-state index >= 15 is 0 Å². The van der Waals surface area contributed by atoms with Crippen LogP contribution in [0.25, 0.3) is 11.2 Å². The molecule has 166 valence electrons. The molecule has 2 aliphatic heterocycles. The number of H-pyrrole nitrogens is 1. The number of hydrogen-bond acceptors (Lipinski definition) is 7. The highest BCUT2D eigenvalue weighted by atomic mass is 15.3. The van der Waals surface area contributed by atoms with Crippen LogP contribution in [0, 0.1) is 23.2 Å². The molecule has 7 rings (SSSR count). The van der Waals surface area contributed by atoms with E-state index in [1.54, 1.807) is 0 Å². The highest BCUT2D eigenvalue weighted by Gasteiger charge is 2.60. The van der Waals surface area contributed by atoms with Crippen molar-refractivity contribution in [1.82, 2.24) is 25.1 Å². The normalized spacial score (nSPS) is 28.2. The summed E-state index contributed by atoms with van der Waals surface area (Å²) in [5.74, 6) is 4.42. The van der Waals surface area contributed by atoms with E-state index in [2.05, 4.69) is 31.0 Å². The first-order valence-corrected chi connectivity index (χ1v) is 12.1. The van der Waals surface area contributed by atoms with E-state index < -0.39 is 0 Å².